The summed E-state index contributed by atoms with van der Waals surface area (Å²) in [5.74, 6) is 0.0795. The number of nitrogens with one attached hydrogen (secondary N) is 2. The van der Waals surface area contributed by atoms with Gasteiger partial charge in [0.2, 0.25) is 5.91 Å². The number of piperazine rings is 1. The van der Waals surface area contributed by atoms with E-state index in [4.69, 9.17) is 0 Å². The molecule has 2 rings (SSSR count). The molecule has 1 aromatic rings. The van der Waals surface area contributed by atoms with Crippen molar-refractivity contribution in [2.75, 3.05) is 38.0 Å². The predicted octanol–water partition coefficient (Wildman–Crippen LogP) is 2.53. The lowest BCUT2D eigenvalue weighted by molar-refractivity contribution is -0.116. The molecular formula is C13H20BrCl2N3O. The smallest absolute Gasteiger partial charge is 0.225 e. The fourth-order valence-electron chi connectivity index (χ4n) is 1.95. The summed E-state index contributed by atoms with van der Waals surface area (Å²) in [4.78, 5) is 14.1. The number of hydrogen-bond donors (Lipinski definition) is 2. The van der Waals surface area contributed by atoms with Crippen molar-refractivity contribution >= 4 is 52.3 Å². The van der Waals surface area contributed by atoms with Crippen molar-refractivity contribution in [1.82, 2.24) is 10.2 Å². The normalized spacial score (nSPS) is 14.8. The Morgan fingerprint density at radius 2 is 1.80 bits per heavy atom. The predicted molar refractivity (Wildman–Crippen MR) is 91.2 cm³/mol. The second-order valence-electron chi connectivity index (χ2n) is 4.40. The van der Waals surface area contributed by atoms with Crippen molar-refractivity contribution in [1.29, 1.82) is 0 Å². The summed E-state index contributed by atoms with van der Waals surface area (Å²) in [6, 6.07) is 7.64. The maximum Gasteiger partial charge on any atom is 0.225 e. The van der Waals surface area contributed by atoms with Crippen molar-refractivity contribution in [2.45, 2.75) is 6.42 Å². The average molecular weight is 385 g/mol. The molecule has 1 aromatic carbocycles. The summed E-state index contributed by atoms with van der Waals surface area (Å²) in [5.41, 5.74) is 0.850. The first kappa shape index (κ1) is 19.7. The van der Waals surface area contributed by atoms with Gasteiger partial charge in [0.15, 0.2) is 0 Å². The maximum absolute atomic E-state index is 11.8. The number of amides is 1. The van der Waals surface area contributed by atoms with Crippen LogP contribution in [0.2, 0.25) is 0 Å². The van der Waals surface area contributed by atoms with Gasteiger partial charge in [-0.2, -0.15) is 0 Å². The van der Waals surface area contributed by atoms with Crippen LogP contribution in [0.25, 0.3) is 0 Å². The Hall–Kier alpha value is -0.330. The van der Waals surface area contributed by atoms with Crippen LogP contribution >= 0.6 is 40.7 Å². The van der Waals surface area contributed by atoms with Crippen LogP contribution in [-0.4, -0.2) is 43.5 Å². The zero-order chi connectivity index (χ0) is 12.8. The molecule has 7 heteroatoms. The summed E-state index contributed by atoms with van der Waals surface area (Å²) in [6.07, 6.45) is 0.552. The number of carbonyl (C=O) groups is 1. The second kappa shape index (κ2) is 10.4. The van der Waals surface area contributed by atoms with Crippen molar-refractivity contribution < 1.29 is 4.79 Å². The van der Waals surface area contributed by atoms with Gasteiger partial charge in [-0.3, -0.25) is 4.79 Å². The van der Waals surface area contributed by atoms with Gasteiger partial charge in [-0.15, -0.1) is 24.8 Å². The van der Waals surface area contributed by atoms with Crippen LogP contribution in [-0.2, 0) is 4.79 Å². The van der Waals surface area contributed by atoms with E-state index in [9.17, 15) is 4.79 Å². The third-order valence-corrected chi connectivity index (χ3v) is 3.52. The molecule has 20 heavy (non-hydrogen) atoms. The highest BCUT2D eigenvalue weighted by Crippen LogP contribution is 2.14. The Balaban J connectivity index is 0.00000180. The Kier molecular flexibility index (Phi) is 10.2. The summed E-state index contributed by atoms with van der Waals surface area (Å²) >= 11 is 3.37. The molecular weight excluding hydrogens is 365 g/mol. The summed E-state index contributed by atoms with van der Waals surface area (Å²) in [6.45, 7) is 4.95. The van der Waals surface area contributed by atoms with E-state index in [0.29, 0.717) is 6.42 Å². The number of benzene rings is 1. The number of carbonyl (C=O) groups excluding carboxylic acids is 1. The lowest BCUT2D eigenvalue weighted by atomic mass is 10.3. The number of rotatable bonds is 4. The molecule has 1 saturated heterocycles. The molecule has 0 spiro atoms. The number of nitrogens with zero attached hydrogens (tertiary/aromatic N) is 1. The van der Waals surface area contributed by atoms with Gasteiger partial charge >= 0.3 is 0 Å². The van der Waals surface area contributed by atoms with Crippen LogP contribution in [0.3, 0.4) is 0 Å². The van der Waals surface area contributed by atoms with Gasteiger partial charge in [0.1, 0.15) is 0 Å². The van der Waals surface area contributed by atoms with Crippen LogP contribution in [0.5, 0.6) is 0 Å². The van der Waals surface area contributed by atoms with E-state index in [1.54, 1.807) is 0 Å². The Labute approximate surface area is 140 Å². The zero-order valence-corrected chi connectivity index (χ0v) is 14.3. The fourth-order valence-corrected chi connectivity index (χ4v) is 2.22. The van der Waals surface area contributed by atoms with Gasteiger partial charge in [-0.25, -0.2) is 0 Å². The second-order valence-corrected chi connectivity index (χ2v) is 5.31. The van der Waals surface area contributed by atoms with E-state index in [1.165, 1.54) is 0 Å². The lowest BCUT2D eigenvalue weighted by Gasteiger charge is -2.26. The molecule has 4 nitrogen and oxygen atoms in total. The molecule has 1 aliphatic rings. The molecule has 0 radical (unpaired) electrons. The van der Waals surface area contributed by atoms with E-state index >= 15 is 0 Å². The van der Waals surface area contributed by atoms with Gasteiger partial charge in [0, 0.05) is 49.3 Å². The van der Waals surface area contributed by atoms with E-state index in [0.717, 1.165) is 42.9 Å². The van der Waals surface area contributed by atoms with Gasteiger partial charge in [0.25, 0.3) is 0 Å². The van der Waals surface area contributed by atoms with E-state index < -0.39 is 0 Å². The largest absolute Gasteiger partial charge is 0.326 e. The first-order valence-corrected chi connectivity index (χ1v) is 7.02. The van der Waals surface area contributed by atoms with Crippen LogP contribution in [0.4, 0.5) is 5.69 Å². The van der Waals surface area contributed by atoms with E-state index in [1.807, 2.05) is 24.3 Å². The third-order valence-electron chi connectivity index (χ3n) is 2.99. The topological polar surface area (TPSA) is 44.4 Å². The van der Waals surface area contributed by atoms with Gasteiger partial charge in [-0.1, -0.05) is 15.9 Å². The minimum atomic E-state index is 0. The molecule has 0 bridgehead atoms. The molecule has 1 heterocycles. The molecule has 0 atom stereocenters. The standard InChI is InChI=1S/C13H18BrN3O.2ClH/c14-11-1-3-12(4-2-11)16-13(18)5-8-17-9-6-15-7-10-17;;/h1-4,15H,5-10H2,(H,16,18);2*1H. The summed E-state index contributed by atoms with van der Waals surface area (Å²) in [7, 11) is 0. The van der Waals surface area contributed by atoms with Gasteiger partial charge in [-0.05, 0) is 24.3 Å². The van der Waals surface area contributed by atoms with Crippen molar-refractivity contribution in [3.8, 4) is 0 Å². The van der Waals surface area contributed by atoms with Crippen LogP contribution in [0.1, 0.15) is 6.42 Å². The number of anilines is 1. The minimum Gasteiger partial charge on any atom is -0.326 e. The Morgan fingerprint density at radius 3 is 2.40 bits per heavy atom. The highest BCUT2D eigenvalue weighted by molar-refractivity contribution is 9.10. The highest BCUT2D eigenvalue weighted by Gasteiger charge is 2.11. The molecule has 1 fully saturated rings. The molecule has 1 aliphatic heterocycles. The number of halogens is 3. The van der Waals surface area contributed by atoms with Crippen molar-refractivity contribution in [2.24, 2.45) is 0 Å². The molecule has 0 aromatic heterocycles. The average Bonchev–Trinajstić information content (AvgIpc) is 2.40. The Morgan fingerprint density at radius 1 is 1.20 bits per heavy atom. The zero-order valence-electron chi connectivity index (χ0n) is 11.1. The molecule has 0 saturated carbocycles. The highest BCUT2D eigenvalue weighted by atomic mass is 79.9. The fraction of sp³-hybridized carbons (Fsp3) is 0.462. The molecule has 0 aliphatic carbocycles. The van der Waals surface area contributed by atoms with Gasteiger partial charge in [0.05, 0.1) is 0 Å². The third kappa shape index (κ3) is 6.90. The van der Waals surface area contributed by atoms with Crippen molar-refractivity contribution in [3.05, 3.63) is 28.7 Å². The molecule has 2 N–H and O–H groups in total. The maximum atomic E-state index is 11.8. The Bertz CT molecular complexity index is 397. The summed E-state index contributed by atoms with van der Waals surface area (Å²) in [5, 5.41) is 6.21. The summed E-state index contributed by atoms with van der Waals surface area (Å²) < 4.78 is 1.02. The molecule has 114 valence electrons. The molecule has 0 unspecified atom stereocenters. The van der Waals surface area contributed by atoms with Crippen molar-refractivity contribution in [3.63, 3.8) is 0 Å². The van der Waals surface area contributed by atoms with E-state index in [-0.39, 0.29) is 30.7 Å². The van der Waals surface area contributed by atoms with Crippen LogP contribution in [0.15, 0.2) is 28.7 Å². The molecule has 1 amide bonds. The monoisotopic (exact) mass is 383 g/mol. The van der Waals surface area contributed by atoms with Crippen LogP contribution < -0.4 is 10.6 Å². The van der Waals surface area contributed by atoms with E-state index in [2.05, 4.69) is 31.5 Å². The number of hydrogen-bond acceptors (Lipinski definition) is 3. The van der Waals surface area contributed by atoms with Crippen LogP contribution in [0, 0.1) is 0 Å². The van der Waals surface area contributed by atoms with Gasteiger partial charge < -0.3 is 15.5 Å². The first-order chi connectivity index (χ1) is 8.74. The quantitative estimate of drug-likeness (QED) is 0.838. The first-order valence-electron chi connectivity index (χ1n) is 6.22. The lowest BCUT2D eigenvalue weighted by Crippen LogP contribution is -2.44. The minimum absolute atomic E-state index is 0. The SMILES string of the molecule is Cl.Cl.O=C(CCN1CCNCC1)Nc1ccc(Br)cc1.